The van der Waals surface area contributed by atoms with Crippen molar-refractivity contribution in [3.63, 3.8) is 0 Å². The molecule has 1 atom stereocenters. The molecule has 1 saturated heterocycles. The van der Waals surface area contributed by atoms with Crippen LogP contribution in [0.5, 0.6) is 0 Å². The van der Waals surface area contributed by atoms with Crippen LogP contribution in [0.2, 0.25) is 0 Å². The lowest BCUT2D eigenvalue weighted by atomic mass is 9.78. The van der Waals surface area contributed by atoms with Crippen LogP contribution in [0.25, 0.3) is 0 Å². The quantitative estimate of drug-likeness (QED) is 0.656. The summed E-state index contributed by atoms with van der Waals surface area (Å²) < 4.78 is 5.48. The zero-order valence-electron chi connectivity index (χ0n) is 9.00. The summed E-state index contributed by atoms with van der Waals surface area (Å²) in [6, 6.07) is 0. The van der Waals surface area contributed by atoms with Crippen LogP contribution < -0.4 is 0 Å². The molecular weight excluding hydrogens is 176 g/mol. The van der Waals surface area contributed by atoms with E-state index in [0.29, 0.717) is 5.92 Å². The number of aliphatic hydroxyl groups is 1. The molecule has 1 unspecified atom stereocenters. The highest BCUT2D eigenvalue weighted by Crippen LogP contribution is 2.36. The van der Waals surface area contributed by atoms with Crippen molar-refractivity contribution in [3.8, 4) is 0 Å². The van der Waals surface area contributed by atoms with Gasteiger partial charge in [0.25, 0.3) is 0 Å². The van der Waals surface area contributed by atoms with Gasteiger partial charge in [-0.15, -0.1) is 0 Å². The highest BCUT2D eigenvalue weighted by Gasteiger charge is 2.37. The SMILES string of the molecule is OC1(C2CCCOC2)CCCCCC1. The van der Waals surface area contributed by atoms with E-state index < -0.39 is 5.60 Å². The van der Waals surface area contributed by atoms with Gasteiger partial charge < -0.3 is 9.84 Å². The van der Waals surface area contributed by atoms with Crippen molar-refractivity contribution in [1.29, 1.82) is 0 Å². The van der Waals surface area contributed by atoms with Gasteiger partial charge in [-0.05, 0) is 25.7 Å². The molecule has 0 aromatic heterocycles. The number of hydrogen-bond donors (Lipinski definition) is 1. The van der Waals surface area contributed by atoms with Crippen LogP contribution in [-0.2, 0) is 4.74 Å². The summed E-state index contributed by atoms with van der Waals surface area (Å²) in [5.41, 5.74) is -0.392. The predicted octanol–water partition coefficient (Wildman–Crippen LogP) is 2.50. The molecule has 2 aliphatic rings. The maximum absolute atomic E-state index is 10.6. The maximum Gasteiger partial charge on any atom is 0.0697 e. The summed E-state index contributed by atoms with van der Waals surface area (Å²) in [5.74, 6) is 0.411. The Bertz CT molecular complexity index is 165. The van der Waals surface area contributed by atoms with Crippen LogP contribution in [0.15, 0.2) is 0 Å². The van der Waals surface area contributed by atoms with E-state index in [4.69, 9.17) is 4.74 Å². The molecular formula is C12H22O2. The molecule has 2 nitrogen and oxygen atoms in total. The first-order valence-electron chi connectivity index (χ1n) is 6.11. The standard InChI is InChI=1S/C12H22O2/c13-12(7-3-1-2-4-8-12)11-6-5-9-14-10-11/h11,13H,1-10H2. The van der Waals surface area contributed by atoms with Crippen molar-refractivity contribution in [2.24, 2.45) is 5.92 Å². The van der Waals surface area contributed by atoms with Crippen LogP contribution in [-0.4, -0.2) is 23.9 Å². The second-order valence-electron chi connectivity index (χ2n) is 4.93. The Morgan fingerprint density at radius 2 is 1.71 bits per heavy atom. The number of rotatable bonds is 1. The zero-order valence-corrected chi connectivity index (χ0v) is 9.00. The van der Waals surface area contributed by atoms with E-state index in [1.54, 1.807) is 0 Å². The molecule has 2 fully saturated rings. The fourth-order valence-electron chi connectivity index (χ4n) is 2.91. The van der Waals surface area contributed by atoms with Crippen LogP contribution in [0, 0.1) is 5.92 Å². The third-order valence-corrected chi connectivity index (χ3v) is 3.89. The van der Waals surface area contributed by atoms with Crippen LogP contribution in [0.4, 0.5) is 0 Å². The Morgan fingerprint density at radius 3 is 2.29 bits per heavy atom. The summed E-state index contributed by atoms with van der Waals surface area (Å²) in [6.07, 6.45) is 9.30. The summed E-state index contributed by atoms with van der Waals surface area (Å²) >= 11 is 0. The average molecular weight is 198 g/mol. The van der Waals surface area contributed by atoms with Gasteiger partial charge in [0.1, 0.15) is 0 Å². The first kappa shape index (κ1) is 10.4. The summed E-state index contributed by atoms with van der Waals surface area (Å²) in [7, 11) is 0. The van der Waals surface area contributed by atoms with Gasteiger partial charge in [0, 0.05) is 12.5 Å². The normalized spacial score (nSPS) is 33.6. The average Bonchev–Trinajstić information content (AvgIpc) is 2.46. The van der Waals surface area contributed by atoms with Gasteiger partial charge in [0.2, 0.25) is 0 Å². The van der Waals surface area contributed by atoms with Gasteiger partial charge in [0.05, 0.1) is 12.2 Å². The third-order valence-electron chi connectivity index (χ3n) is 3.89. The molecule has 1 saturated carbocycles. The Morgan fingerprint density at radius 1 is 1.00 bits per heavy atom. The lowest BCUT2D eigenvalue weighted by Crippen LogP contribution is -2.41. The first-order valence-corrected chi connectivity index (χ1v) is 6.11. The maximum atomic E-state index is 10.6. The molecule has 82 valence electrons. The Kier molecular flexibility index (Phi) is 3.45. The Labute approximate surface area is 86.6 Å². The van der Waals surface area contributed by atoms with Gasteiger partial charge in [0.15, 0.2) is 0 Å². The van der Waals surface area contributed by atoms with E-state index in [1.807, 2.05) is 0 Å². The van der Waals surface area contributed by atoms with Gasteiger partial charge in [-0.3, -0.25) is 0 Å². The van der Waals surface area contributed by atoms with E-state index in [1.165, 1.54) is 25.7 Å². The molecule has 0 aromatic carbocycles. The van der Waals surface area contributed by atoms with Crippen molar-refractivity contribution in [3.05, 3.63) is 0 Å². The zero-order chi connectivity index (χ0) is 9.86. The lowest BCUT2D eigenvalue weighted by Gasteiger charge is -2.37. The van der Waals surface area contributed by atoms with Crippen molar-refractivity contribution in [2.75, 3.05) is 13.2 Å². The largest absolute Gasteiger partial charge is 0.390 e. The van der Waals surface area contributed by atoms with Gasteiger partial charge in [-0.1, -0.05) is 25.7 Å². The van der Waals surface area contributed by atoms with Crippen LogP contribution >= 0.6 is 0 Å². The highest BCUT2D eigenvalue weighted by molar-refractivity contribution is 4.89. The molecule has 1 aliphatic heterocycles. The van der Waals surface area contributed by atoms with E-state index in [9.17, 15) is 5.11 Å². The minimum Gasteiger partial charge on any atom is -0.390 e. The fraction of sp³-hybridized carbons (Fsp3) is 1.00. The van der Waals surface area contributed by atoms with Gasteiger partial charge in [-0.2, -0.15) is 0 Å². The molecule has 0 spiro atoms. The number of ether oxygens (including phenoxy) is 1. The Balaban J connectivity index is 1.96. The van der Waals surface area contributed by atoms with Crippen molar-refractivity contribution >= 4 is 0 Å². The van der Waals surface area contributed by atoms with E-state index in [0.717, 1.165) is 38.9 Å². The van der Waals surface area contributed by atoms with E-state index >= 15 is 0 Å². The molecule has 1 heterocycles. The molecule has 2 heteroatoms. The first-order chi connectivity index (χ1) is 6.81. The predicted molar refractivity (Wildman–Crippen MR) is 56.2 cm³/mol. The fourth-order valence-corrected chi connectivity index (χ4v) is 2.91. The van der Waals surface area contributed by atoms with E-state index in [2.05, 4.69) is 0 Å². The third kappa shape index (κ3) is 2.29. The smallest absolute Gasteiger partial charge is 0.0697 e. The molecule has 0 amide bonds. The second kappa shape index (κ2) is 4.63. The second-order valence-corrected chi connectivity index (χ2v) is 4.93. The van der Waals surface area contributed by atoms with Crippen molar-refractivity contribution in [1.82, 2.24) is 0 Å². The number of hydrogen-bond acceptors (Lipinski definition) is 2. The Hall–Kier alpha value is -0.0800. The van der Waals surface area contributed by atoms with Crippen molar-refractivity contribution < 1.29 is 9.84 Å². The lowest BCUT2D eigenvalue weighted by molar-refractivity contribution is -0.0871. The minimum atomic E-state index is -0.392. The van der Waals surface area contributed by atoms with Gasteiger partial charge in [-0.25, -0.2) is 0 Å². The molecule has 14 heavy (non-hydrogen) atoms. The van der Waals surface area contributed by atoms with E-state index in [-0.39, 0.29) is 0 Å². The minimum absolute atomic E-state index is 0.392. The topological polar surface area (TPSA) is 29.5 Å². The summed E-state index contributed by atoms with van der Waals surface area (Å²) in [5, 5.41) is 10.6. The van der Waals surface area contributed by atoms with Crippen molar-refractivity contribution in [2.45, 2.75) is 57.0 Å². The summed E-state index contributed by atoms with van der Waals surface area (Å²) in [6.45, 7) is 1.68. The van der Waals surface area contributed by atoms with Crippen LogP contribution in [0.3, 0.4) is 0 Å². The van der Waals surface area contributed by atoms with Gasteiger partial charge >= 0.3 is 0 Å². The molecule has 1 N–H and O–H groups in total. The molecule has 0 aromatic rings. The highest BCUT2D eigenvalue weighted by atomic mass is 16.5. The molecule has 0 bridgehead atoms. The summed E-state index contributed by atoms with van der Waals surface area (Å²) in [4.78, 5) is 0. The molecule has 2 rings (SSSR count). The molecule has 0 radical (unpaired) electrons. The molecule has 1 aliphatic carbocycles. The monoisotopic (exact) mass is 198 g/mol. The van der Waals surface area contributed by atoms with Crippen LogP contribution in [0.1, 0.15) is 51.4 Å².